The molecule has 0 atom stereocenters. The number of aromatic amines is 1. The first-order valence-electron chi connectivity index (χ1n) is 8.64. The molecular formula is C22H19FN2O2. The van der Waals surface area contributed by atoms with E-state index in [1.807, 2.05) is 19.1 Å². The van der Waals surface area contributed by atoms with Gasteiger partial charge in [0.2, 0.25) is 0 Å². The van der Waals surface area contributed by atoms with Crippen LogP contribution < -0.4 is 0 Å². The van der Waals surface area contributed by atoms with Gasteiger partial charge >= 0.3 is 5.97 Å². The molecule has 3 rings (SSSR count). The van der Waals surface area contributed by atoms with Gasteiger partial charge in [-0.15, -0.1) is 0 Å². The first kappa shape index (κ1) is 18.4. The second kappa shape index (κ2) is 7.88. The molecule has 0 saturated carbocycles. The molecule has 0 amide bonds. The van der Waals surface area contributed by atoms with Crippen LogP contribution in [0.3, 0.4) is 0 Å². The van der Waals surface area contributed by atoms with Crippen molar-refractivity contribution in [2.45, 2.75) is 20.3 Å². The highest BCUT2D eigenvalue weighted by molar-refractivity contribution is 6.00. The number of rotatable bonds is 5. The Balaban J connectivity index is 2.09. The first-order chi connectivity index (χ1) is 13.0. The Morgan fingerprint density at radius 1 is 1.15 bits per heavy atom. The van der Waals surface area contributed by atoms with E-state index >= 15 is 0 Å². The van der Waals surface area contributed by atoms with Gasteiger partial charge < -0.3 is 9.72 Å². The molecule has 0 bridgehead atoms. The van der Waals surface area contributed by atoms with Gasteiger partial charge in [-0.2, -0.15) is 0 Å². The number of ether oxygens (including phenoxy) is 1. The maximum atomic E-state index is 13.2. The smallest absolute Gasteiger partial charge is 0.340 e. The molecule has 0 aliphatic heterocycles. The number of H-pyrrole nitrogens is 1. The lowest BCUT2D eigenvalue weighted by Gasteiger charge is -2.08. The van der Waals surface area contributed by atoms with Gasteiger partial charge in [-0.1, -0.05) is 36.4 Å². The molecule has 0 saturated heterocycles. The van der Waals surface area contributed by atoms with Crippen LogP contribution in [0.1, 0.15) is 34.2 Å². The molecule has 0 unspecified atom stereocenters. The number of nitrogens with zero attached hydrogens (tertiary/aromatic N) is 1. The number of nitrogens with one attached hydrogen (secondary N) is 1. The van der Waals surface area contributed by atoms with Gasteiger partial charge in [0.05, 0.1) is 18.7 Å². The number of hydrogen-bond acceptors (Lipinski definition) is 2. The lowest BCUT2D eigenvalue weighted by atomic mass is 9.98. The summed E-state index contributed by atoms with van der Waals surface area (Å²) in [4.78, 5) is 19.4. The maximum absolute atomic E-state index is 13.2. The summed E-state index contributed by atoms with van der Waals surface area (Å²) in [5.74, 6) is -0.698. The predicted octanol–water partition coefficient (Wildman–Crippen LogP) is 5.45. The van der Waals surface area contributed by atoms with Crippen molar-refractivity contribution in [2.24, 2.45) is 0 Å². The molecule has 2 aromatic carbocycles. The number of aromatic nitrogens is 1. The summed E-state index contributed by atoms with van der Waals surface area (Å²) >= 11 is 0. The Morgan fingerprint density at radius 3 is 2.41 bits per heavy atom. The molecule has 0 aliphatic carbocycles. The van der Waals surface area contributed by atoms with Crippen molar-refractivity contribution < 1.29 is 13.9 Å². The first-order valence-corrected chi connectivity index (χ1v) is 8.64. The maximum Gasteiger partial charge on any atom is 0.340 e. The number of carbonyl (C=O) groups is 1. The fourth-order valence-electron chi connectivity index (χ4n) is 3.12. The molecule has 0 radical (unpaired) electrons. The van der Waals surface area contributed by atoms with Gasteiger partial charge in [-0.3, -0.25) is 0 Å². The minimum absolute atomic E-state index is 0.273. The molecule has 1 N–H and O–H groups in total. The topological polar surface area (TPSA) is 46.5 Å². The second-order valence-electron chi connectivity index (χ2n) is 6.16. The van der Waals surface area contributed by atoms with Crippen LogP contribution >= 0.6 is 0 Å². The summed E-state index contributed by atoms with van der Waals surface area (Å²) in [5.41, 5.74) is 5.07. The molecule has 3 aromatic rings. The van der Waals surface area contributed by atoms with Gasteiger partial charge in [-0.05, 0) is 37.1 Å². The van der Waals surface area contributed by atoms with Crippen molar-refractivity contribution in [1.29, 1.82) is 0 Å². The Labute approximate surface area is 157 Å². The number of hydrogen-bond donors (Lipinski definition) is 1. The normalized spacial score (nSPS) is 10.4. The van der Waals surface area contributed by atoms with Crippen LogP contribution in [0.15, 0.2) is 48.5 Å². The summed E-state index contributed by atoms with van der Waals surface area (Å²) in [6, 6.07) is 13.3. The summed E-state index contributed by atoms with van der Waals surface area (Å²) in [7, 11) is 0. The largest absolute Gasteiger partial charge is 0.462 e. The van der Waals surface area contributed by atoms with E-state index in [9.17, 15) is 9.18 Å². The zero-order valence-electron chi connectivity index (χ0n) is 15.2. The van der Waals surface area contributed by atoms with Crippen molar-refractivity contribution in [2.75, 3.05) is 6.61 Å². The fourth-order valence-corrected chi connectivity index (χ4v) is 3.12. The molecule has 0 aliphatic rings. The lowest BCUT2D eigenvalue weighted by Crippen LogP contribution is -2.08. The average molecular weight is 362 g/mol. The minimum atomic E-state index is -0.400. The third-order valence-electron chi connectivity index (χ3n) is 4.32. The SMILES string of the molecule is [C-]#[N+]c1ccc(-c2c(C)[nH]c(Cc3ccc(F)cc3)c2C(=O)OCC)cc1. The van der Waals surface area contributed by atoms with Crippen molar-refractivity contribution in [3.05, 3.63) is 88.3 Å². The van der Waals surface area contributed by atoms with Crippen molar-refractivity contribution in [3.63, 3.8) is 0 Å². The van der Waals surface area contributed by atoms with Gasteiger partial charge in [0.25, 0.3) is 0 Å². The Morgan fingerprint density at radius 2 is 1.81 bits per heavy atom. The molecule has 5 heteroatoms. The van der Waals surface area contributed by atoms with E-state index in [0.717, 1.165) is 28.1 Å². The third kappa shape index (κ3) is 3.90. The van der Waals surface area contributed by atoms with Gasteiger partial charge in [0, 0.05) is 23.4 Å². The number of aryl methyl sites for hydroxylation is 1. The van der Waals surface area contributed by atoms with E-state index in [0.29, 0.717) is 17.7 Å². The number of benzene rings is 2. The van der Waals surface area contributed by atoms with Crippen molar-refractivity contribution in [3.8, 4) is 11.1 Å². The minimum Gasteiger partial charge on any atom is -0.462 e. The van der Waals surface area contributed by atoms with Crippen LogP contribution in [-0.2, 0) is 11.2 Å². The summed E-state index contributed by atoms with van der Waals surface area (Å²) < 4.78 is 18.5. The van der Waals surface area contributed by atoms with Gasteiger partial charge in [0.15, 0.2) is 5.69 Å². The summed E-state index contributed by atoms with van der Waals surface area (Å²) in [6.07, 6.45) is 0.454. The van der Waals surface area contributed by atoms with E-state index in [4.69, 9.17) is 11.3 Å². The highest BCUT2D eigenvalue weighted by Crippen LogP contribution is 2.33. The molecule has 136 valence electrons. The lowest BCUT2D eigenvalue weighted by molar-refractivity contribution is 0.0526. The molecule has 27 heavy (non-hydrogen) atoms. The van der Waals surface area contributed by atoms with E-state index in [1.165, 1.54) is 12.1 Å². The standard InChI is InChI=1S/C22H19FN2O2/c1-4-27-22(26)21-19(13-15-5-9-17(23)10-6-15)25-14(2)20(21)16-7-11-18(24-3)12-8-16/h5-12,25H,4,13H2,1-2H3. The Bertz CT molecular complexity index is 997. The highest BCUT2D eigenvalue weighted by Gasteiger charge is 2.23. The van der Waals surface area contributed by atoms with E-state index in [2.05, 4.69) is 9.83 Å². The van der Waals surface area contributed by atoms with Crippen LogP contribution in [0.5, 0.6) is 0 Å². The molecule has 4 nitrogen and oxygen atoms in total. The summed E-state index contributed by atoms with van der Waals surface area (Å²) in [5, 5.41) is 0. The van der Waals surface area contributed by atoms with Crippen molar-refractivity contribution >= 4 is 11.7 Å². The highest BCUT2D eigenvalue weighted by atomic mass is 19.1. The molecule has 1 aromatic heterocycles. The zero-order chi connectivity index (χ0) is 19.4. The average Bonchev–Trinajstić information content (AvgIpc) is 2.99. The van der Waals surface area contributed by atoms with Crippen LogP contribution in [0.2, 0.25) is 0 Å². The predicted molar refractivity (Wildman–Crippen MR) is 102 cm³/mol. The number of halogens is 1. The summed E-state index contributed by atoms with van der Waals surface area (Å²) in [6.45, 7) is 11.0. The van der Waals surface area contributed by atoms with E-state index < -0.39 is 5.97 Å². The molecule has 1 heterocycles. The van der Waals surface area contributed by atoms with Crippen LogP contribution in [0.4, 0.5) is 10.1 Å². The third-order valence-corrected chi connectivity index (χ3v) is 4.32. The zero-order valence-corrected chi connectivity index (χ0v) is 15.2. The van der Waals surface area contributed by atoms with Crippen LogP contribution in [0.25, 0.3) is 16.0 Å². The van der Waals surface area contributed by atoms with E-state index in [1.54, 1.807) is 31.2 Å². The van der Waals surface area contributed by atoms with Crippen molar-refractivity contribution in [1.82, 2.24) is 4.98 Å². The molecule has 0 fully saturated rings. The van der Waals surface area contributed by atoms with Crippen LogP contribution in [0, 0.1) is 19.3 Å². The fraction of sp³-hybridized carbons (Fsp3) is 0.182. The number of esters is 1. The second-order valence-corrected chi connectivity index (χ2v) is 6.16. The molecular weight excluding hydrogens is 343 g/mol. The monoisotopic (exact) mass is 362 g/mol. The number of carbonyl (C=O) groups excluding carboxylic acids is 1. The van der Waals surface area contributed by atoms with E-state index in [-0.39, 0.29) is 12.4 Å². The van der Waals surface area contributed by atoms with Gasteiger partial charge in [0.1, 0.15) is 5.82 Å². The Kier molecular flexibility index (Phi) is 5.37. The van der Waals surface area contributed by atoms with Gasteiger partial charge in [-0.25, -0.2) is 14.0 Å². The quantitative estimate of drug-likeness (QED) is 0.485. The molecule has 0 spiro atoms. The Hall–Kier alpha value is -3.39. The van der Waals surface area contributed by atoms with Crippen LogP contribution in [-0.4, -0.2) is 17.6 Å².